The Morgan fingerprint density at radius 2 is 2.22 bits per heavy atom. The number of carbonyl (C=O) groups excluding carboxylic acids is 1. The predicted octanol–water partition coefficient (Wildman–Crippen LogP) is 3.24. The zero-order valence-corrected chi connectivity index (χ0v) is 12.5. The largest absolute Gasteiger partial charge is 0.508 e. The average Bonchev–Trinajstić information content (AvgIpc) is 2.37. The molecule has 0 bridgehead atoms. The molecule has 18 heavy (non-hydrogen) atoms. The normalized spacial score (nSPS) is 12.2. The lowest BCUT2D eigenvalue weighted by atomic mass is 10.1. The number of phenols is 1. The first kappa shape index (κ1) is 15.0. The van der Waals surface area contributed by atoms with Gasteiger partial charge in [0.1, 0.15) is 5.75 Å². The van der Waals surface area contributed by atoms with Crippen LogP contribution >= 0.6 is 15.9 Å². The van der Waals surface area contributed by atoms with Crippen molar-refractivity contribution in [3.8, 4) is 5.75 Å². The van der Waals surface area contributed by atoms with Crippen LogP contribution in [0.15, 0.2) is 18.2 Å². The summed E-state index contributed by atoms with van der Waals surface area (Å²) in [5.41, 5.74) is 1.17. The Bertz CT molecular complexity index is 407. The Morgan fingerprint density at radius 3 is 2.89 bits per heavy atom. The van der Waals surface area contributed by atoms with Gasteiger partial charge in [0.15, 0.2) is 0 Å². The van der Waals surface area contributed by atoms with Gasteiger partial charge in [0.2, 0.25) is 0 Å². The molecule has 4 heteroatoms. The third kappa shape index (κ3) is 4.33. The summed E-state index contributed by atoms with van der Waals surface area (Å²) in [5.74, 6) is 0.676. The van der Waals surface area contributed by atoms with Gasteiger partial charge in [0.05, 0.1) is 0 Å². The molecule has 0 aliphatic carbocycles. The summed E-state index contributed by atoms with van der Waals surface area (Å²) in [5, 5.41) is 13.4. The van der Waals surface area contributed by atoms with Crippen molar-refractivity contribution in [2.24, 2.45) is 5.92 Å². The fourth-order valence-corrected chi connectivity index (χ4v) is 2.02. The maximum absolute atomic E-state index is 11.9. The van der Waals surface area contributed by atoms with Crippen LogP contribution in [0.3, 0.4) is 0 Å². The first-order chi connectivity index (χ1) is 8.56. The van der Waals surface area contributed by atoms with Crippen molar-refractivity contribution in [3.05, 3.63) is 29.3 Å². The first-order valence-corrected chi connectivity index (χ1v) is 7.31. The Hall–Kier alpha value is -1.03. The van der Waals surface area contributed by atoms with Crippen molar-refractivity contribution >= 4 is 21.8 Å². The number of hydrogen-bond acceptors (Lipinski definition) is 2. The quantitative estimate of drug-likeness (QED) is 0.625. The molecule has 100 valence electrons. The molecule has 0 radical (unpaired) electrons. The van der Waals surface area contributed by atoms with Crippen LogP contribution in [-0.4, -0.2) is 22.9 Å². The zero-order chi connectivity index (χ0) is 13.5. The summed E-state index contributed by atoms with van der Waals surface area (Å²) in [7, 11) is 0. The van der Waals surface area contributed by atoms with Gasteiger partial charge in [-0.1, -0.05) is 28.9 Å². The van der Waals surface area contributed by atoms with Crippen LogP contribution in [0.1, 0.15) is 35.7 Å². The number of alkyl halides is 1. The molecule has 0 aliphatic rings. The number of rotatable bonds is 6. The lowest BCUT2D eigenvalue weighted by molar-refractivity contribution is 0.0951. The fourth-order valence-electron chi connectivity index (χ4n) is 1.69. The minimum Gasteiger partial charge on any atom is -0.508 e. The molecule has 1 atom stereocenters. The molecule has 1 unspecified atom stereocenters. The lowest BCUT2D eigenvalue weighted by Gasteiger charge is -2.10. The van der Waals surface area contributed by atoms with Crippen LogP contribution in [0.2, 0.25) is 0 Å². The lowest BCUT2D eigenvalue weighted by Crippen LogP contribution is -2.25. The fraction of sp³-hybridized carbons (Fsp3) is 0.500. The van der Waals surface area contributed by atoms with E-state index in [-0.39, 0.29) is 11.7 Å². The highest BCUT2D eigenvalue weighted by molar-refractivity contribution is 9.09. The van der Waals surface area contributed by atoms with E-state index in [2.05, 4.69) is 28.2 Å². The highest BCUT2D eigenvalue weighted by atomic mass is 79.9. The van der Waals surface area contributed by atoms with E-state index in [4.69, 9.17) is 0 Å². The molecule has 0 saturated heterocycles. The molecule has 1 aromatic rings. The molecule has 1 aromatic carbocycles. The van der Waals surface area contributed by atoms with Gasteiger partial charge in [0, 0.05) is 23.0 Å². The van der Waals surface area contributed by atoms with E-state index in [9.17, 15) is 9.90 Å². The maximum atomic E-state index is 11.9. The number of amides is 1. The van der Waals surface area contributed by atoms with E-state index in [0.29, 0.717) is 23.6 Å². The second-order valence-corrected chi connectivity index (χ2v) is 5.25. The summed E-state index contributed by atoms with van der Waals surface area (Å²) in [4.78, 5) is 11.9. The van der Waals surface area contributed by atoms with Gasteiger partial charge in [-0.05, 0) is 37.8 Å². The van der Waals surface area contributed by atoms with Gasteiger partial charge in [-0.3, -0.25) is 4.79 Å². The van der Waals surface area contributed by atoms with Crippen LogP contribution in [-0.2, 0) is 0 Å². The number of benzene rings is 1. The summed E-state index contributed by atoms with van der Waals surface area (Å²) in [6.07, 6.45) is 2.06. The molecule has 0 aromatic heterocycles. The van der Waals surface area contributed by atoms with Crippen molar-refractivity contribution < 1.29 is 9.90 Å². The molecule has 0 saturated carbocycles. The van der Waals surface area contributed by atoms with E-state index in [1.165, 1.54) is 0 Å². The second kappa shape index (κ2) is 7.41. The third-order valence-electron chi connectivity index (χ3n) is 2.97. The second-order valence-electron chi connectivity index (χ2n) is 4.61. The van der Waals surface area contributed by atoms with Crippen molar-refractivity contribution in [2.45, 2.75) is 26.7 Å². The summed E-state index contributed by atoms with van der Waals surface area (Å²) in [6.45, 7) is 4.60. The van der Waals surface area contributed by atoms with Crippen molar-refractivity contribution in [2.75, 3.05) is 11.9 Å². The Morgan fingerprint density at radius 1 is 1.50 bits per heavy atom. The molecule has 2 N–H and O–H groups in total. The molecule has 0 heterocycles. The number of phenolic OH excluding ortho intramolecular Hbond substituents is 1. The Kier molecular flexibility index (Phi) is 6.19. The number of nitrogens with one attached hydrogen (secondary N) is 1. The monoisotopic (exact) mass is 313 g/mol. The van der Waals surface area contributed by atoms with E-state index >= 15 is 0 Å². The number of halogens is 1. The number of aromatic hydroxyl groups is 1. The van der Waals surface area contributed by atoms with Gasteiger partial charge in [-0.25, -0.2) is 0 Å². The van der Waals surface area contributed by atoms with Crippen molar-refractivity contribution in [3.63, 3.8) is 0 Å². The molecule has 0 fully saturated rings. The van der Waals surface area contributed by atoms with Crippen molar-refractivity contribution in [1.82, 2.24) is 5.32 Å². The van der Waals surface area contributed by atoms with E-state index in [1.54, 1.807) is 25.1 Å². The SMILES string of the molecule is Cc1c(O)cccc1C(=O)NCCCC(C)CBr. The summed E-state index contributed by atoms with van der Waals surface area (Å²) < 4.78 is 0. The summed E-state index contributed by atoms with van der Waals surface area (Å²) in [6, 6.07) is 5.00. The van der Waals surface area contributed by atoms with E-state index in [0.717, 1.165) is 18.2 Å². The van der Waals surface area contributed by atoms with Crippen LogP contribution in [0.25, 0.3) is 0 Å². The zero-order valence-electron chi connectivity index (χ0n) is 10.9. The third-order valence-corrected chi connectivity index (χ3v) is 4.08. The average molecular weight is 314 g/mol. The van der Waals surface area contributed by atoms with Crippen LogP contribution < -0.4 is 5.32 Å². The molecular weight excluding hydrogens is 294 g/mol. The van der Waals surface area contributed by atoms with Gasteiger partial charge in [-0.15, -0.1) is 0 Å². The Labute approximate surface area is 117 Å². The standard InChI is InChI=1S/C14H20BrNO2/c1-10(9-15)5-4-8-16-14(18)12-6-3-7-13(17)11(12)2/h3,6-7,10,17H,4-5,8-9H2,1-2H3,(H,16,18). The van der Waals surface area contributed by atoms with Crippen LogP contribution in [0, 0.1) is 12.8 Å². The highest BCUT2D eigenvalue weighted by Crippen LogP contribution is 2.19. The minimum atomic E-state index is -0.116. The molecule has 1 rings (SSSR count). The van der Waals surface area contributed by atoms with Crippen LogP contribution in [0.5, 0.6) is 5.75 Å². The number of carbonyl (C=O) groups is 1. The van der Waals surface area contributed by atoms with E-state index < -0.39 is 0 Å². The maximum Gasteiger partial charge on any atom is 0.251 e. The predicted molar refractivity (Wildman–Crippen MR) is 77.4 cm³/mol. The molecule has 3 nitrogen and oxygen atoms in total. The number of hydrogen-bond donors (Lipinski definition) is 2. The van der Waals surface area contributed by atoms with Gasteiger partial charge < -0.3 is 10.4 Å². The van der Waals surface area contributed by atoms with Crippen LogP contribution in [0.4, 0.5) is 0 Å². The van der Waals surface area contributed by atoms with Crippen molar-refractivity contribution in [1.29, 1.82) is 0 Å². The van der Waals surface area contributed by atoms with E-state index in [1.807, 2.05) is 0 Å². The first-order valence-electron chi connectivity index (χ1n) is 6.19. The minimum absolute atomic E-state index is 0.116. The highest BCUT2D eigenvalue weighted by Gasteiger charge is 2.10. The Balaban J connectivity index is 2.44. The smallest absolute Gasteiger partial charge is 0.251 e. The molecule has 0 spiro atoms. The topological polar surface area (TPSA) is 49.3 Å². The molecular formula is C14H20BrNO2. The molecule has 0 aliphatic heterocycles. The van der Waals surface area contributed by atoms with Gasteiger partial charge in [0.25, 0.3) is 5.91 Å². The molecule has 1 amide bonds. The van der Waals surface area contributed by atoms with Gasteiger partial charge >= 0.3 is 0 Å². The summed E-state index contributed by atoms with van der Waals surface area (Å²) >= 11 is 3.43. The van der Waals surface area contributed by atoms with Gasteiger partial charge in [-0.2, -0.15) is 0 Å².